The molecule has 15 nitrogen and oxygen atoms in total. The van der Waals surface area contributed by atoms with Crippen LogP contribution < -0.4 is 14.8 Å². The van der Waals surface area contributed by atoms with Gasteiger partial charge in [-0.15, -0.1) is 9.78 Å². The molecule has 4 rings (SSSR count). The predicted molar refractivity (Wildman–Crippen MR) is 173 cm³/mol. The van der Waals surface area contributed by atoms with Gasteiger partial charge in [0.15, 0.2) is 17.4 Å². The highest BCUT2D eigenvalue weighted by atomic mass is 19.1. The van der Waals surface area contributed by atoms with E-state index < -0.39 is 43.1 Å². The molecule has 2 heterocycles. The molecular weight excluding hydrogens is 660 g/mol. The standard InChI is InChI=1S/C33H37F2N7O8/c1-5-46-31(44)39-27(36)22-9-7-21(8-10-22)17-24(23-15-20(2)16-25(26(23)35)47-14-13-43)28-40-30(42(41-28)29-37-11-6-12-38-29)48-19-49-32(45)50-33(3,4)18-34/h6-12,15-16,24,43H,5,13-14,17-19H2,1-4H3,(H2,36,39,44)/t24-/m1/s1. The van der Waals surface area contributed by atoms with E-state index in [-0.39, 0.29) is 61.2 Å². The molecule has 1 amide bonds. The Morgan fingerprint density at radius 2 is 1.82 bits per heavy atom. The van der Waals surface area contributed by atoms with Crippen LogP contribution in [0.25, 0.3) is 5.95 Å². The SMILES string of the molecule is CCOC(=O)NC(=N)c1ccc(C[C@@H](c2nc(OCOC(=O)OC(C)(C)CF)n(-c3ncccn3)n2)c2cc(C)cc(OCCO)c2F)cc1. The van der Waals surface area contributed by atoms with Gasteiger partial charge in [-0.1, -0.05) is 30.3 Å². The van der Waals surface area contributed by atoms with E-state index in [0.29, 0.717) is 16.7 Å². The molecule has 1 atom stereocenters. The molecule has 0 saturated heterocycles. The molecule has 50 heavy (non-hydrogen) atoms. The van der Waals surface area contributed by atoms with E-state index in [9.17, 15) is 19.1 Å². The van der Waals surface area contributed by atoms with Crippen molar-refractivity contribution in [2.75, 3.05) is 33.3 Å². The number of halogens is 2. The maximum Gasteiger partial charge on any atom is 0.511 e. The van der Waals surface area contributed by atoms with Crippen molar-refractivity contribution in [3.05, 3.63) is 88.8 Å². The van der Waals surface area contributed by atoms with Crippen LogP contribution in [-0.2, 0) is 20.6 Å². The minimum absolute atomic E-state index is 0.0368. The molecule has 266 valence electrons. The van der Waals surface area contributed by atoms with Gasteiger partial charge >= 0.3 is 18.3 Å². The van der Waals surface area contributed by atoms with Crippen molar-refractivity contribution in [1.82, 2.24) is 30.0 Å². The molecule has 17 heteroatoms. The molecule has 0 bridgehead atoms. The number of alkyl halides is 1. The minimum atomic E-state index is -1.41. The lowest BCUT2D eigenvalue weighted by molar-refractivity contribution is -0.0520. The number of rotatable bonds is 15. The Morgan fingerprint density at radius 3 is 2.48 bits per heavy atom. The highest BCUT2D eigenvalue weighted by Gasteiger charge is 2.29. The van der Waals surface area contributed by atoms with Gasteiger partial charge in [-0.2, -0.15) is 4.98 Å². The number of aryl methyl sites for hydroxylation is 1. The fourth-order valence-electron chi connectivity index (χ4n) is 4.50. The Bertz CT molecular complexity index is 1770. The molecule has 0 radical (unpaired) electrons. The smallest absolute Gasteiger partial charge is 0.488 e. The van der Waals surface area contributed by atoms with Crippen molar-refractivity contribution in [1.29, 1.82) is 5.41 Å². The van der Waals surface area contributed by atoms with Gasteiger partial charge in [-0.3, -0.25) is 10.7 Å². The van der Waals surface area contributed by atoms with Crippen molar-refractivity contribution in [3.63, 3.8) is 0 Å². The lowest BCUT2D eigenvalue weighted by Crippen LogP contribution is -2.31. The van der Waals surface area contributed by atoms with E-state index in [0.717, 1.165) is 4.68 Å². The molecular formula is C33H37F2N7O8. The zero-order valence-corrected chi connectivity index (χ0v) is 27.8. The van der Waals surface area contributed by atoms with Gasteiger partial charge < -0.3 is 28.8 Å². The third kappa shape index (κ3) is 9.91. The number of carbonyl (C=O) groups is 2. The second kappa shape index (κ2) is 17.1. The molecule has 3 N–H and O–H groups in total. The predicted octanol–water partition coefficient (Wildman–Crippen LogP) is 4.56. The van der Waals surface area contributed by atoms with Gasteiger partial charge in [0.05, 0.1) is 19.1 Å². The van der Waals surface area contributed by atoms with Crippen LogP contribution in [0.4, 0.5) is 18.4 Å². The van der Waals surface area contributed by atoms with E-state index in [1.54, 1.807) is 50.2 Å². The highest BCUT2D eigenvalue weighted by molar-refractivity contribution is 6.04. The maximum atomic E-state index is 16.2. The Balaban J connectivity index is 1.73. The van der Waals surface area contributed by atoms with Crippen molar-refractivity contribution in [2.24, 2.45) is 0 Å². The summed E-state index contributed by atoms with van der Waals surface area (Å²) < 4.78 is 56.3. The first-order valence-electron chi connectivity index (χ1n) is 15.4. The lowest BCUT2D eigenvalue weighted by Gasteiger charge is -2.20. The number of ether oxygens (including phenoxy) is 5. The highest BCUT2D eigenvalue weighted by Crippen LogP contribution is 2.35. The van der Waals surface area contributed by atoms with Gasteiger partial charge in [0.25, 0.3) is 5.95 Å². The summed E-state index contributed by atoms with van der Waals surface area (Å²) in [5, 5.41) is 24.4. The molecule has 2 aromatic heterocycles. The number of aromatic nitrogens is 5. The Labute approximate surface area is 286 Å². The number of alkyl carbamates (subject to hydrolysis) is 1. The van der Waals surface area contributed by atoms with Crippen LogP contribution in [0.2, 0.25) is 0 Å². The maximum absolute atomic E-state index is 16.2. The first kappa shape index (κ1) is 37.1. The number of carbonyl (C=O) groups excluding carboxylic acids is 2. The first-order chi connectivity index (χ1) is 23.9. The quantitative estimate of drug-likeness (QED) is 0.0680. The second-order valence-electron chi connectivity index (χ2n) is 11.3. The number of hydrogen-bond donors (Lipinski definition) is 3. The van der Waals surface area contributed by atoms with Crippen molar-refractivity contribution in [3.8, 4) is 17.7 Å². The normalized spacial score (nSPS) is 11.7. The summed E-state index contributed by atoms with van der Waals surface area (Å²) in [5.74, 6) is -1.76. The summed E-state index contributed by atoms with van der Waals surface area (Å²) in [6.07, 6.45) is 1.10. The summed E-state index contributed by atoms with van der Waals surface area (Å²) in [6, 6.07) is 11.1. The average Bonchev–Trinajstić information content (AvgIpc) is 3.51. The van der Waals surface area contributed by atoms with E-state index in [1.807, 2.05) is 0 Å². The number of benzene rings is 2. The monoisotopic (exact) mass is 697 g/mol. The van der Waals surface area contributed by atoms with Gasteiger partial charge in [-0.05, 0) is 57.4 Å². The molecule has 0 aliphatic heterocycles. The molecule has 0 saturated carbocycles. The number of nitrogens with zero attached hydrogens (tertiary/aromatic N) is 5. The summed E-state index contributed by atoms with van der Waals surface area (Å²) >= 11 is 0. The molecule has 2 aromatic carbocycles. The number of amidine groups is 1. The Morgan fingerprint density at radius 1 is 1.10 bits per heavy atom. The lowest BCUT2D eigenvalue weighted by atomic mass is 9.89. The van der Waals surface area contributed by atoms with Crippen LogP contribution in [0, 0.1) is 18.2 Å². The zero-order chi connectivity index (χ0) is 36.3. The van der Waals surface area contributed by atoms with Crippen molar-refractivity contribution < 1.29 is 47.2 Å². The fraction of sp³-hybridized carbons (Fsp3) is 0.364. The molecule has 4 aromatic rings. The van der Waals surface area contributed by atoms with Crippen LogP contribution >= 0.6 is 0 Å². The number of nitrogens with one attached hydrogen (secondary N) is 2. The third-order valence-corrected chi connectivity index (χ3v) is 6.81. The number of hydrogen-bond acceptors (Lipinski definition) is 13. The van der Waals surface area contributed by atoms with Gasteiger partial charge in [0.2, 0.25) is 6.79 Å². The topological polar surface area (TPSA) is 193 Å². The van der Waals surface area contributed by atoms with Gasteiger partial charge in [-0.25, -0.2) is 28.3 Å². The van der Waals surface area contributed by atoms with Crippen LogP contribution in [0.5, 0.6) is 11.8 Å². The molecule has 0 unspecified atom stereocenters. The van der Waals surface area contributed by atoms with Crippen LogP contribution in [0.15, 0.2) is 54.9 Å². The van der Waals surface area contributed by atoms with E-state index in [2.05, 4.69) is 25.4 Å². The van der Waals surface area contributed by atoms with Crippen molar-refractivity contribution in [2.45, 2.75) is 45.6 Å². The molecule has 0 spiro atoms. The van der Waals surface area contributed by atoms with Crippen LogP contribution in [0.3, 0.4) is 0 Å². The molecule has 0 aliphatic rings. The summed E-state index contributed by atoms with van der Waals surface area (Å²) in [7, 11) is 0. The summed E-state index contributed by atoms with van der Waals surface area (Å²) in [6.45, 7) is 4.17. The van der Waals surface area contributed by atoms with Crippen LogP contribution in [-0.4, -0.2) is 86.8 Å². The number of aliphatic hydroxyl groups excluding tert-OH is 1. The van der Waals surface area contributed by atoms with Crippen LogP contribution in [0.1, 0.15) is 54.8 Å². The first-order valence-corrected chi connectivity index (χ1v) is 15.4. The van der Waals surface area contributed by atoms with Crippen molar-refractivity contribution >= 4 is 18.1 Å². The second-order valence-corrected chi connectivity index (χ2v) is 11.3. The fourth-order valence-corrected chi connectivity index (χ4v) is 4.50. The van der Waals surface area contributed by atoms with E-state index >= 15 is 4.39 Å². The van der Waals surface area contributed by atoms with E-state index in [4.69, 9.17) is 29.1 Å². The molecule has 0 aliphatic carbocycles. The number of amides is 1. The molecule has 0 fully saturated rings. The largest absolute Gasteiger partial charge is 0.511 e. The third-order valence-electron chi connectivity index (χ3n) is 6.81. The van der Waals surface area contributed by atoms with Gasteiger partial charge in [0.1, 0.15) is 24.7 Å². The Kier molecular flexibility index (Phi) is 12.7. The zero-order valence-electron chi connectivity index (χ0n) is 27.8. The number of aliphatic hydroxyl groups is 1. The summed E-state index contributed by atoms with van der Waals surface area (Å²) in [4.78, 5) is 36.8. The minimum Gasteiger partial charge on any atom is -0.488 e. The van der Waals surface area contributed by atoms with E-state index in [1.165, 1.54) is 32.3 Å². The summed E-state index contributed by atoms with van der Waals surface area (Å²) in [5.41, 5.74) is 0.469. The Hall–Kier alpha value is -5.71. The van der Waals surface area contributed by atoms with Gasteiger partial charge in [0, 0.05) is 23.5 Å². The average molecular weight is 698 g/mol.